The molecule has 0 saturated carbocycles. The third-order valence-corrected chi connectivity index (χ3v) is 3.47. The summed E-state index contributed by atoms with van der Waals surface area (Å²) in [6, 6.07) is 6.28. The molecule has 3 nitrogen and oxygen atoms in total. The van der Waals surface area contributed by atoms with Crippen molar-refractivity contribution in [2.24, 2.45) is 5.41 Å². The van der Waals surface area contributed by atoms with Crippen molar-refractivity contribution in [2.45, 2.75) is 19.8 Å². The van der Waals surface area contributed by atoms with Crippen LogP contribution in [0.5, 0.6) is 5.75 Å². The predicted molar refractivity (Wildman–Crippen MR) is 66.4 cm³/mol. The molecule has 17 heavy (non-hydrogen) atoms. The molecule has 1 aromatic rings. The number of methoxy groups -OCH3 is 1. The van der Waals surface area contributed by atoms with Crippen LogP contribution in [0.1, 0.15) is 18.1 Å². The van der Waals surface area contributed by atoms with Gasteiger partial charge in [0.25, 0.3) is 0 Å². The molecule has 1 fully saturated rings. The first-order valence-corrected chi connectivity index (χ1v) is 6.07. The van der Waals surface area contributed by atoms with Crippen molar-refractivity contribution in [1.82, 2.24) is 0 Å². The van der Waals surface area contributed by atoms with Gasteiger partial charge in [-0.3, -0.25) is 0 Å². The van der Waals surface area contributed by atoms with E-state index in [1.54, 1.807) is 7.11 Å². The van der Waals surface area contributed by atoms with Crippen LogP contribution in [-0.2, 0) is 17.6 Å². The van der Waals surface area contributed by atoms with Gasteiger partial charge in [-0.25, -0.2) is 0 Å². The highest BCUT2D eigenvalue weighted by molar-refractivity contribution is 5.38. The summed E-state index contributed by atoms with van der Waals surface area (Å²) in [4.78, 5) is 0. The normalized spacial score (nSPS) is 17.6. The first-order valence-electron chi connectivity index (χ1n) is 6.07. The molecule has 0 aliphatic carbocycles. The Balaban J connectivity index is 2.23. The molecule has 1 aliphatic heterocycles. The zero-order valence-corrected chi connectivity index (χ0v) is 10.5. The number of aliphatic hydroxyl groups is 1. The average Bonchev–Trinajstić information content (AvgIpc) is 2.33. The van der Waals surface area contributed by atoms with E-state index in [0.29, 0.717) is 13.2 Å². The number of aliphatic hydroxyl groups excluding tert-OH is 1. The molecular weight excluding hydrogens is 216 g/mol. The zero-order valence-electron chi connectivity index (χ0n) is 10.5. The Morgan fingerprint density at radius 3 is 2.65 bits per heavy atom. The van der Waals surface area contributed by atoms with Gasteiger partial charge in [-0.1, -0.05) is 19.1 Å². The van der Waals surface area contributed by atoms with Crippen molar-refractivity contribution < 1.29 is 14.6 Å². The predicted octanol–water partition coefficient (Wildman–Crippen LogP) is 1.81. The monoisotopic (exact) mass is 236 g/mol. The van der Waals surface area contributed by atoms with Crippen LogP contribution in [0.2, 0.25) is 0 Å². The Bertz CT molecular complexity index is 378. The molecule has 1 N–H and O–H groups in total. The van der Waals surface area contributed by atoms with Crippen LogP contribution in [0, 0.1) is 5.41 Å². The average molecular weight is 236 g/mol. The topological polar surface area (TPSA) is 38.7 Å². The third-order valence-electron chi connectivity index (χ3n) is 3.47. The summed E-state index contributed by atoms with van der Waals surface area (Å²) in [7, 11) is 1.69. The SMILES string of the molecule is CCc1ccc(OC)c(CC2(CO)COC2)c1. The molecule has 94 valence electrons. The van der Waals surface area contributed by atoms with Crippen molar-refractivity contribution in [3.63, 3.8) is 0 Å². The fourth-order valence-electron chi connectivity index (χ4n) is 2.23. The standard InChI is InChI=1S/C14H20O3/c1-3-11-4-5-13(16-2)12(6-11)7-14(8-15)9-17-10-14/h4-6,15H,3,7-10H2,1-2H3. The third kappa shape index (κ3) is 2.45. The molecule has 0 spiro atoms. The molecule has 0 aromatic heterocycles. The summed E-state index contributed by atoms with van der Waals surface area (Å²) in [6.07, 6.45) is 1.83. The quantitative estimate of drug-likeness (QED) is 0.847. The van der Waals surface area contributed by atoms with Gasteiger partial charge < -0.3 is 14.6 Å². The van der Waals surface area contributed by atoms with Crippen LogP contribution in [-0.4, -0.2) is 32.0 Å². The maximum atomic E-state index is 9.47. The molecule has 1 heterocycles. The van der Waals surface area contributed by atoms with Crippen molar-refractivity contribution in [1.29, 1.82) is 0 Å². The van der Waals surface area contributed by atoms with Crippen molar-refractivity contribution in [3.05, 3.63) is 29.3 Å². The summed E-state index contributed by atoms with van der Waals surface area (Å²) in [6.45, 7) is 3.60. The fraction of sp³-hybridized carbons (Fsp3) is 0.571. The summed E-state index contributed by atoms with van der Waals surface area (Å²) in [5.41, 5.74) is 2.37. The number of aryl methyl sites for hydroxylation is 1. The minimum atomic E-state index is -0.0976. The van der Waals surface area contributed by atoms with Crippen molar-refractivity contribution >= 4 is 0 Å². The Morgan fingerprint density at radius 1 is 1.41 bits per heavy atom. The molecule has 3 heteroatoms. The summed E-state index contributed by atoms with van der Waals surface area (Å²) in [5.74, 6) is 0.905. The summed E-state index contributed by atoms with van der Waals surface area (Å²) < 4.78 is 10.6. The van der Waals surface area contributed by atoms with Gasteiger partial charge in [0.2, 0.25) is 0 Å². The largest absolute Gasteiger partial charge is 0.496 e. The first kappa shape index (κ1) is 12.4. The fourth-order valence-corrected chi connectivity index (χ4v) is 2.23. The van der Waals surface area contributed by atoms with Crippen LogP contribution < -0.4 is 4.74 Å². The number of hydrogen-bond acceptors (Lipinski definition) is 3. The molecule has 0 atom stereocenters. The number of ether oxygens (including phenoxy) is 2. The van der Waals surface area contributed by atoms with Crippen molar-refractivity contribution in [2.75, 3.05) is 26.9 Å². The highest BCUT2D eigenvalue weighted by Crippen LogP contribution is 2.34. The Hall–Kier alpha value is -1.06. The van der Waals surface area contributed by atoms with Gasteiger partial charge in [0.05, 0.1) is 26.9 Å². The second-order valence-electron chi connectivity index (χ2n) is 4.83. The molecule has 1 saturated heterocycles. The van der Waals surface area contributed by atoms with Crippen molar-refractivity contribution in [3.8, 4) is 5.75 Å². The van der Waals surface area contributed by atoms with Crippen LogP contribution in [0.15, 0.2) is 18.2 Å². The minimum absolute atomic E-state index is 0.0976. The summed E-state index contributed by atoms with van der Waals surface area (Å²) >= 11 is 0. The van der Waals surface area contributed by atoms with Crippen LogP contribution in [0.25, 0.3) is 0 Å². The molecule has 1 aromatic carbocycles. The van der Waals surface area contributed by atoms with Gasteiger partial charge in [0.15, 0.2) is 0 Å². The number of hydrogen-bond donors (Lipinski definition) is 1. The number of rotatable bonds is 5. The highest BCUT2D eigenvalue weighted by atomic mass is 16.5. The van der Waals surface area contributed by atoms with Gasteiger partial charge in [-0.15, -0.1) is 0 Å². The van der Waals surface area contributed by atoms with Gasteiger partial charge >= 0.3 is 0 Å². The minimum Gasteiger partial charge on any atom is -0.496 e. The van der Waals surface area contributed by atoms with E-state index in [4.69, 9.17) is 9.47 Å². The zero-order chi connectivity index (χ0) is 12.3. The van der Waals surface area contributed by atoms with E-state index >= 15 is 0 Å². The molecule has 1 aliphatic rings. The first-order chi connectivity index (χ1) is 8.23. The van der Waals surface area contributed by atoms with E-state index in [-0.39, 0.29) is 12.0 Å². The van der Waals surface area contributed by atoms with Crippen LogP contribution >= 0.6 is 0 Å². The Morgan fingerprint density at radius 2 is 2.18 bits per heavy atom. The molecule has 0 amide bonds. The molecule has 0 radical (unpaired) electrons. The maximum absolute atomic E-state index is 9.47. The van der Waals surface area contributed by atoms with Gasteiger partial charge in [0.1, 0.15) is 5.75 Å². The Kier molecular flexibility index (Phi) is 3.69. The van der Waals surface area contributed by atoms with Crippen LogP contribution in [0.3, 0.4) is 0 Å². The lowest BCUT2D eigenvalue weighted by Crippen LogP contribution is -2.47. The summed E-state index contributed by atoms with van der Waals surface area (Å²) in [5, 5.41) is 9.47. The Labute approximate surface area is 102 Å². The van der Waals surface area contributed by atoms with Gasteiger partial charge in [-0.05, 0) is 30.0 Å². The lowest BCUT2D eigenvalue weighted by Gasteiger charge is -2.40. The highest BCUT2D eigenvalue weighted by Gasteiger charge is 2.38. The maximum Gasteiger partial charge on any atom is 0.122 e. The van der Waals surface area contributed by atoms with E-state index in [2.05, 4.69) is 19.1 Å². The molecule has 2 rings (SSSR count). The van der Waals surface area contributed by atoms with Gasteiger partial charge in [-0.2, -0.15) is 0 Å². The van der Waals surface area contributed by atoms with E-state index in [1.807, 2.05) is 6.07 Å². The van der Waals surface area contributed by atoms with E-state index in [1.165, 1.54) is 11.1 Å². The second kappa shape index (κ2) is 5.07. The number of benzene rings is 1. The van der Waals surface area contributed by atoms with Crippen LogP contribution in [0.4, 0.5) is 0 Å². The lowest BCUT2D eigenvalue weighted by atomic mass is 9.80. The molecular formula is C14H20O3. The second-order valence-corrected chi connectivity index (χ2v) is 4.83. The van der Waals surface area contributed by atoms with E-state index in [9.17, 15) is 5.11 Å². The van der Waals surface area contributed by atoms with E-state index < -0.39 is 0 Å². The van der Waals surface area contributed by atoms with E-state index in [0.717, 1.165) is 18.6 Å². The molecule has 0 bridgehead atoms. The van der Waals surface area contributed by atoms with Gasteiger partial charge in [0, 0.05) is 5.41 Å². The smallest absolute Gasteiger partial charge is 0.122 e. The lowest BCUT2D eigenvalue weighted by molar-refractivity contribution is -0.136. The molecule has 0 unspecified atom stereocenters.